The Hall–Kier alpha value is -1.14. The van der Waals surface area contributed by atoms with Crippen LogP contribution in [-0.2, 0) is 9.59 Å². The number of hydrogen-bond acceptors (Lipinski definition) is 2. The van der Waals surface area contributed by atoms with Crippen LogP contribution in [-0.4, -0.2) is 11.7 Å². The fraction of sp³-hybridized carbons (Fsp3) is 0.750. The second-order valence-corrected chi connectivity index (χ2v) is 6.06. The first kappa shape index (κ1) is 20.9. The number of carbonyl (C=O) groups excluding carboxylic acids is 2. The van der Waals surface area contributed by atoms with Gasteiger partial charge in [-0.15, -0.1) is 0 Å². The lowest BCUT2D eigenvalue weighted by Crippen LogP contribution is -1.92. The van der Waals surface area contributed by atoms with Gasteiger partial charge in [-0.2, -0.15) is 0 Å². The van der Waals surface area contributed by atoms with Crippen LogP contribution in [0.4, 0.5) is 0 Å². The van der Waals surface area contributed by atoms with Gasteiger partial charge in [-0.3, -0.25) is 4.79 Å². The maximum atomic E-state index is 11.0. The molecule has 0 saturated heterocycles. The molecule has 0 unspecified atom stereocenters. The molecule has 2 nitrogen and oxygen atoms in total. The van der Waals surface area contributed by atoms with Crippen molar-refractivity contribution >= 4 is 11.7 Å². The summed E-state index contributed by atoms with van der Waals surface area (Å²) in [4.78, 5) is 21.0. The highest BCUT2D eigenvalue weighted by Gasteiger charge is 1.96. The zero-order valence-corrected chi connectivity index (χ0v) is 14.4. The summed E-state index contributed by atoms with van der Waals surface area (Å²) in [7, 11) is 0. The van der Waals surface area contributed by atoms with E-state index in [0.717, 1.165) is 18.9 Å². The predicted octanol–water partition coefficient (Wildman–Crippen LogP) is 5.98. The van der Waals surface area contributed by atoms with Gasteiger partial charge in [0.25, 0.3) is 0 Å². The lowest BCUT2D eigenvalue weighted by Gasteiger charge is -1.99. The second kappa shape index (κ2) is 17.9. The summed E-state index contributed by atoms with van der Waals surface area (Å²) in [5.74, 6) is 1.45. The number of hydrogen-bond donors (Lipinski definition) is 0. The molecule has 2 heteroatoms. The molecule has 0 amide bonds. The van der Waals surface area contributed by atoms with Crippen LogP contribution in [0.5, 0.6) is 0 Å². The Kier molecular flexibility index (Phi) is 17.0. The van der Waals surface area contributed by atoms with E-state index in [1.165, 1.54) is 76.6 Å². The third-order valence-electron chi connectivity index (χ3n) is 3.90. The Bertz CT molecular complexity index is 325. The molecule has 0 N–H and O–H groups in total. The molecular weight excluding hydrogens is 272 g/mol. The topological polar surface area (TPSA) is 34.1 Å². The minimum absolute atomic E-state index is 0.0902. The van der Waals surface area contributed by atoms with E-state index in [0.29, 0.717) is 6.42 Å². The van der Waals surface area contributed by atoms with Crippen molar-refractivity contribution in [3.05, 3.63) is 18.2 Å². The summed E-state index contributed by atoms with van der Waals surface area (Å²) < 4.78 is 0. The third kappa shape index (κ3) is 16.9. The summed E-state index contributed by atoms with van der Waals surface area (Å²) in [5, 5.41) is 0. The molecule has 0 heterocycles. The summed E-state index contributed by atoms with van der Waals surface area (Å²) in [6, 6.07) is 0. The molecule has 0 rings (SSSR count). The van der Waals surface area contributed by atoms with Crippen LogP contribution in [0, 0.1) is 0 Å². The number of carbonyl (C=O) groups is 1. The van der Waals surface area contributed by atoms with Gasteiger partial charge >= 0.3 is 0 Å². The van der Waals surface area contributed by atoms with Crippen molar-refractivity contribution < 1.29 is 9.59 Å². The van der Waals surface area contributed by atoms with Crippen molar-refractivity contribution in [2.45, 2.75) is 96.8 Å². The fourth-order valence-electron chi connectivity index (χ4n) is 2.51. The van der Waals surface area contributed by atoms with Crippen molar-refractivity contribution in [2.24, 2.45) is 0 Å². The van der Waals surface area contributed by atoms with Gasteiger partial charge in [0.15, 0.2) is 5.78 Å². The van der Waals surface area contributed by atoms with Gasteiger partial charge < -0.3 is 0 Å². The second-order valence-electron chi connectivity index (χ2n) is 6.06. The number of ketones is 1. The minimum Gasteiger partial charge on any atom is -0.294 e. The van der Waals surface area contributed by atoms with Crippen LogP contribution in [0.1, 0.15) is 96.8 Å². The highest BCUT2D eigenvalue weighted by Crippen LogP contribution is 2.10. The maximum absolute atomic E-state index is 11.0. The molecule has 0 spiro atoms. The van der Waals surface area contributed by atoms with Crippen molar-refractivity contribution in [1.82, 2.24) is 0 Å². The molecule has 126 valence electrons. The van der Waals surface area contributed by atoms with Crippen LogP contribution in [0.25, 0.3) is 0 Å². The zero-order valence-electron chi connectivity index (χ0n) is 14.4. The first-order chi connectivity index (χ1) is 10.8. The van der Waals surface area contributed by atoms with E-state index in [1.54, 1.807) is 0 Å². The van der Waals surface area contributed by atoms with Crippen molar-refractivity contribution in [2.75, 3.05) is 0 Å². The standard InChI is InChI=1S/C20H34O2/c1-2-3-4-5-6-7-8-9-10-11-12-13-14-15-16-17-20(22)18-19-21/h9-10,18H,2-8,11-17H2,1H3/b10-9-. The molecule has 0 atom stereocenters. The average molecular weight is 306 g/mol. The first-order valence-corrected chi connectivity index (χ1v) is 9.20. The molecule has 0 aromatic heterocycles. The molecule has 0 radical (unpaired) electrons. The molecule has 0 aliphatic carbocycles. The predicted molar refractivity (Wildman–Crippen MR) is 94.7 cm³/mol. The monoisotopic (exact) mass is 306 g/mol. The molecule has 0 saturated carbocycles. The molecule has 0 aromatic carbocycles. The van der Waals surface area contributed by atoms with E-state index in [2.05, 4.69) is 19.1 Å². The molecule has 0 fully saturated rings. The van der Waals surface area contributed by atoms with E-state index in [4.69, 9.17) is 0 Å². The highest BCUT2D eigenvalue weighted by molar-refractivity contribution is 5.95. The summed E-state index contributed by atoms with van der Waals surface area (Å²) in [6.07, 6.45) is 22.4. The van der Waals surface area contributed by atoms with Crippen molar-refractivity contribution in [3.63, 3.8) is 0 Å². The summed E-state index contributed by atoms with van der Waals surface area (Å²) in [5.41, 5.74) is 0. The largest absolute Gasteiger partial charge is 0.294 e. The molecule has 0 aromatic rings. The Labute approximate surface area is 137 Å². The summed E-state index contributed by atoms with van der Waals surface area (Å²) in [6.45, 7) is 2.26. The van der Waals surface area contributed by atoms with Crippen LogP contribution in [0.3, 0.4) is 0 Å². The van der Waals surface area contributed by atoms with Gasteiger partial charge in [0.1, 0.15) is 5.94 Å². The molecule has 0 bridgehead atoms. The summed E-state index contributed by atoms with van der Waals surface area (Å²) >= 11 is 0. The van der Waals surface area contributed by atoms with Crippen LogP contribution < -0.4 is 0 Å². The Balaban J connectivity index is 3.17. The van der Waals surface area contributed by atoms with Crippen molar-refractivity contribution in [3.8, 4) is 0 Å². The van der Waals surface area contributed by atoms with E-state index >= 15 is 0 Å². The quantitative estimate of drug-likeness (QED) is 0.152. The maximum Gasteiger partial charge on any atom is 0.166 e. The first-order valence-electron chi connectivity index (χ1n) is 9.20. The molecule has 0 aliphatic heterocycles. The Morgan fingerprint density at radius 3 is 1.82 bits per heavy atom. The number of allylic oxidation sites excluding steroid dienone is 3. The molecular formula is C20H34O2. The molecule has 22 heavy (non-hydrogen) atoms. The highest BCUT2D eigenvalue weighted by atomic mass is 16.1. The van der Waals surface area contributed by atoms with Crippen LogP contribution in [0.15, 0.2) is 18.2 Å². The minimum atomic E-state index is -0.0902. The normalized spacial score (nSPS) is 10.8. The van der Waals surface area contributed by atoms with Gasteiger partial charge in [0.05, 0.1) is 6.08 Å². The van der Waals surface area contributed by atoms with E-state index in [9.17, 15) is 9.59 Å². The Morgan fingerprint density at radius 2 is 1.27 bits per heavy atom. The third-order valence-corrected chi connectivity index (χ3v) is 3.90. The Morgan fingerprint density at radius 1 is 0.773 bits per heavy atom. The van der Waals surface area contributed by atoms with Crippen LogP contribution >= 0.6 is 0 Å². The number of rotatable bonds is 16. The lowest BCUT2D eigenvalue weighted by atomic mass is 10.1. The zero-order chi connectivity index (χ0) is 16.3. The van der Waals surface area contributed by atoms with Crippen LogP contribution in [0.2, 0.25) is 0 Å². The smallest absolute Gasteiger partial charge is 0.166 e. The van der Waals surface area contributed by atoms with Gasteiger partial charge in [-0.05, 0) is 32.1 Å². The average Bonchev–Trinajstić information content (AvgIpc) is 2.51. The van der Waals surface area contributed by atoms with E-state index < -0.39 is 0 Å². The van der Waals surface area contributed by atoms with Gasteiger partial charge in [0, 0.05) is 6.42 Å². The van der Waals surface area contributed by atoms with Gasteiger partial charge in [0.2, 0.25) is 0 Å². The van der Waals surface area contributed by atoms with E-state index in [-0.39, 0.29) is 5.78 Å². The van der Waals surface area contributed by atoms with Gasteiger partial charge in [-0.25, -0.2) is 4.79 Å². The number of unbranched alkanes of at least 4 members (excludes halogenated alkanes) is 11. The fourth-order valence-corrected chi connectivity index (χ4v) is 2.51. The van der Waals surface area contributed by atoms with Crippen molar-refractivity contribution in [1.29, 1.82) is 0 Å². The van der Waals surface area contributed by atoms with Gasteiger partial charge in [-0.1, -0.05) is 70.4 Å². The SMILES string of the molecule is CCCCCCCC/C=C\CCCCCCCC(=O)C=C=O. The lowest BCUT2D eigenvalue weighted by molar-refractivity contribution is -0.114. The van der Waals surface area contributed by atoms with E-state index in [1.807, 2.05) is 0 Å². The molecule has 0 aliphatic rings.